The van der Waals surface area contributed by atoms with Gasteiger partial charge in [-0.05, 0) is 0 Å². The zero-order chi connectivity index (χ0) is 10.9. The molecule has 1 aromatic carbocycles. The molecule has 0 amide bonds. The molecule has 0 bridgehead atoms. The predicted octanol–water partition coefficient (Wildman–Crippen LogP) is -0.112. The van der Waals surface area contributed by atoms with E-state index >= 15 is 0 Å². The van der Waals surface area contributed by atoms with Crippen LogP contribution in [0.4, 0.5) is 0 Å². The Bertz CT molecular complexity index is 374. The van der Waals surface area contributed by atoms with Crippen LogP contribution in [-0.2, 0) is 0 Å². The third-order valence-electron chi connectivity index (χ3n) is 1.56. The Morgan fingerprint density at radius 1 is 1.27 bits per heavy atom. The number of allylic oxidation sites excluding steroid dienone is 1. The van der Waals surface area contributed by atoms with Crippen molar-refractivity contribution in [2.24, 2.45) is 0 Å². The minimum absolute atomic E-state index is 0.0228. The van der Waals surface area contributed by atoms with E-state index in [-0.39, 0.29) is 28.2 Å². The summed E-state index contributed by atoms with van der Waals surface area (Å²) in [6, 6.07) is 9.98. The molecule has 0 aromatic heterocycles. The van der Waals surface area contributed by atoms with Crippen molar-refractivity contribution in [2.45, 2.75) is 0 Å². The summed E-state index contributed by atoms with van der Waals surface area (Å²) in [4.78, 5) is 0. The van der Waals surface area contributed by atoms with Gasteiger partial charge in [0.05, 0.1) is 0 Å². The van der Waals surface area contributed by atoms with Gasteiger partial charge in [-0.3, -0.25) is 0 Å². The first-order chi connectivity index (χ1) is 7.36. The van der Waals surface area contributed by atoms with Crippen LogP contribution in [0.1, 0.15) is 0 Å². The van der Waals surface area contributed by atoms with Crippen LogP contribution < -0.4 is 4.46 Å². The molecule has 0 unspecified atom stereocenters. The van der Waals surface area contributed by atoms with Crippen molar-refractivity contribution in [3.8, 4) is 11.8 Å². The molecule has 3 heteroatoms. The molecule has 0 spiro atoms. The molecule has 0 aliphatic rings. The molecule has 0 fully saturated rings. The summed E-state index contributed by atoms with van der Waals surface area (Å²) in [5.41, 5.74) is 0. The van der Waals surface area contributed by atoms with E-state index in [0.717, 1.165) is 4.47 Å². The molecule has 0 aliphatic heterocycles. The van der Waals surface area contributed by atoms with Gasteiger partial charge in [0.15, 0.2) is 0 Å². The van der Waals surface area contributed by atoms with E-state index in [0.29, 0.717) is 0 Å². The molecule has 1 rings (SSSR count). The Morgan fingerprint density at radius 3 is 2.60 bits per heavy atom. The van der Waals surface area contributed by atoms with Crippen molar-refractivity contribution >= 4 is 19.4 Å². The number of aliphatic hydroxyl groups excluding tert-OH is 2. The van der Waals surface area contributed by atoms with Crippen LogP contribution in [0.5, 0.6) is 0 Å². The van der Waals surface area contributed by atoms with E-state index in [1.807, 2.05) is 30.3 Å². The van der Waals surface area contributed by atoms with Gasteiger partial charge in [-0.2, -0.15) is 0 Å². The standard InChI is InChI=1S/C12H12O2Se/c13-9-5-4-8-12(10-14)15-11-6-2-1-3-7-11/h1-3,6-8,13-14H,9-10H2/b12-8-. The van der Waals surface area contributed by atoms with Crippen molar-refractivity contribution < 1.29 is 10.2 Å². The predicted molar refractivity (Wildman–Crippen MR) is 61.9 cm³/mol. The summed E-state index contributed by atoms with van der Waals surface area (Å²) >= 11 is 0.111. The number of aliphatic hydroxyl groups is 2. The molecule has 0 aliphatic carbocycles. The van der Waals surface area contributed by atoms with E-state index in [9.17, 15) is 0 Å². The molecule has 0 heterocycles. The van der Waals surface area contributed by atoms with Gasteiger partial charge in [0.25, 0.3) is 0 Å². The first kappa shape index (κ1) is 12.0. The molecule has 2 nitrogen and oxygen atoms in total. The molecule has 78 valence electrons. The van der Waals surface area contributed by atoms with Crippen molar-refractivity contribution in [3.63, 3.8) is 0 Å². The summed E-state index contributed by atoms with van der Waals surface area (Å²) < 4.78 is 2.12. The number of rotatable bonds is 3. The Kier molecular flexibility index (Phi) is 5.84. The van der Waals surface area contributed by atoms with E-state index < -0.39 is 0 Å². The third kappa shape index (κ3) is 4.83. The Morgan fingerprint density at radius 2 is 2.00 bits per heavy atom. The number of hydrogen-bond acceptors (Lipinski definition) is 2. The van der Waals surface area contributed by atoms with Crippen LogP contribution in [0.3, 0.4) is 0 Å². The van der Waals surface area contributed by atoms with Crippen LogP contribution in [-0.4, -0.2) is 38.4 Å². The normalized spacial score (nSPS) is 10.7. The Balaban J connectivity index is 2.66. The molecule has 0 radical (unpaired) electrons. The van der Waals surface area contributed by atoms with E-state index in [1.54, 1.807) is 6.08 Å². The van der Waals surface area contributed by atoms with E-state index in [4.69, 9.17) is 10.2 Å². The van der Waals surface area contributed by atoms with Crippen LogP contribution in [0.25, 0.3) is 0 Å². The number of benzene rings is 1. The fourth-order valence-electron chi connectivity index (χ4n) is 0.924. The molecule has 1 aromatic rings. The summed E-state index contributed by atoms with van der Waals surface area (Å²) in [5, 5.41) is 17.6. The van der Waals surface area contributed by atoms with Crippen LogP contribution >= 0.6 is 0 Å². The number of hydrogen-bond donors (Lipinski definition) is 2. The van der Waals surface area contributed by atoms with E-state index in [1.165, 1.54) is 4.46 Å². The van der Waals surface area contributed by atoms with Gasteiger partial charge in [0.1, 0.15) is 0 Å². The average Bonchev–Trinajstić information content (AvgIpc) is 2.29. The van der Waals surface area contributed by atoms with Crippen LogP contribution in [0, 0.1) is 11.8 Å². The molecule has 0 saturated heterocycles. The van der Waals surface area contributed by atoms with Gasteiger partial charge in [-0.25, -0.2) is 0 Å². The molecule has 15 heavy (non-hydrogen) atoms. The zero-order valence-corrected chi connectivity index (χ0v) is 9.89. The quantitative estimate of drug-likeness (QED) is 0.592. The van der Waals surface area contributed by atoms with Gasteiger partial charge < -0.3 is 0 Å². The van der Waals surface area contributed by atoms with Gasteiger partial charge in [0, 0.05) is 0 Å². The fourth-order valence-corrected chi connectivity index (χ4v) is 2.56. The fraction of sp³-hybridized carbons (Fsp3) is 0.167. The van der Waals surface area contributed by atoms with Gasteiger partial charge in [0.2, 0.25) is 0 Å². The first-order valence-electron chi connectivity index (χ1n) is 4.49. The van der Waals surface area contributed by atoms with Gasteiger partial charge in [-0.1, -0.05) is 0 Å². The molecule has 0 atom stereocenters. The maximum atomic E-state index is 9.10. The monoisotopic (exact) mass is 268 g/mol. The maximum absolute atomic E-state index is 9.10. The third-order valence-corrected chi connectivity index (χ3v) is 3.70. The second-order valence-electron chi connectivity index (χ2n) is 2.66. The first-order valence-corrected chi connectivity index (χ1v) is 6.20. The van der Waals surface area contributed by atoms with Crippen LogP contribution in [0.2, 0.25) is 0 Å². The van der Waals surface area contributed by atoms with Crippen molar-refractivity contribution in [3.05, 3.63) is 40.9 Å². The van der Waals surface area contributed by atoms with Crippen molar-refractivity contribution in [1.29, 1.82) is 0 Å². The SMILES string of the molecule is OCC#C/C=C(/CO)[Se]c1ccccc1. The second kappa shape index (κ2) is 7.28. The Hall–Kier alpha value is -1.04. The average molecular weight is 267 g/mol. The van der Waals surface area contributed by atoms with Crippen LogP contribution in [0.15, 0.2) is 40.9 Å². The molecular formula is C12H12O2Se. The van der Waals surface area contributed by atoms with Gasteiger partial charge >= 0.3 is 95.6 Å². The van der Waals surface area contributed by atoms with Crippen molar-refractivity contribution in [2.75, 3.05) is 13.2 Å². The van der Waals surface area contributed by atoms with Gasteiger partial charge in [-0.15, -0.1) is 0 Å². The summed E-state index contributed by atoms with van der Waals surface area (Å²) in [6.07, 6.45) is 1.68. The molecular weight excluding hydrogens is 255 g/mol. The second-order valence-corrected chi connectivity index (χ2v) is 5.18. The minimum atomic E-state index is -0.145. The molecule has 2 N–H and O–H groups in total. The van der Waals surface area contributed by atoms with Crippen molar-refractivity contribution in [1.82, 2.24) is 0 Å². The zero-order valence-electron chi connectivity index (χ0n) is 8.18. The summed E-state index contributed by atoms with van der Waals surface area (Å²) in [7, 11) is 0. The summed E-state index contributed by atoms with van der Waals surface area (Å²) in [5.74, 6) is 5.23. The summed E-state index contributed by atoms with van der Waals surface area (Å²) in [6.45, 7) is -0.122. The topological polar surface area (TPSA) is 40.5 Å². The van der Waals surface area contributed by atoms with E-state index in [2.05, 4.69) is 11.8 Å². The molecule has 0 saturated carbocycles. The Labute approximate surface area is 95.8 Å².